The summed E-state index contributed by atoms with van der Waals surface area (Å²) in [6.07, 6.45) is 1.49. The lowest BCUT2D eigenvalue weighted by Crippen LogP contribution is -2.18. The fourth-order valence-corrected chi connectivity index (χ4v) is 3.06. The number of fused-ring (bicyclic) bond motifs is 1. The number of nitrogens with one attached hydrogen (secondary N) is 1. The summed E-state index contributed by atoms with van der Waals surface area (Å²) in [6.45, 7) is 0. The van der Waals surface area contributed by atoms with Gasteiger partial charge in [-0.2, -0.15) is 5.10 Å². The van der Waals surface area contributed by atoms with Crippen LogP contribution >= 0.6 is 11.6 Å². The van der Waals surface area contributed by atoms with E-state index in [1.807, 2.05) is 30.3 Å². The topological polar surface area (TPSA) is 107 Å². The largest absolute Gasteiger partial charge is 0.456 e. The molecule has 1 N–H and O–H groups in total. The van der Waals surface area contributed by atoms with Gasteiger partial charge in [0.25, 0.3) is 11.6 Å². The normalized spacial score (nSPS) is 10.9. The number of aromatic nitrogens is 1. The third-order valence-corrected chi connectivity index (χ3v) is 4.74. The van der Waals surface area contributed by atoms with E-state index in [1.165, 1.54) is 24.4 Å². The van der Waals surface area contributed by atoms with Gasteiger partial charge in [-0.05, 0) is 48.0 Å². The van der Waals surface area contributed by atoms with Gasteiger partial charge in [-0.15, -0.1) is 0 Å². The SMILES string of the molecule is O=C(N/N=C\c1ccc(Oc2ccc([N+](=O)[O-])cc2Cl)cc1)c1ccc2ccccc2n1. The average Bonchev–Trinajstić information content (AvgIpc) is 2.81. The van der Waals surface area contributed by atoms with Gasteiger partial charge in [-0.3, -0.25) is 14.9 Å². The molecule has 32 heavy (non-hydrogen) atoms. The number of hydrogen-bond acceptors (Lipinski definition) is 6. The molecule has 3 aromatic carbocycles. The summed E-state index contributed by atoms with van der Waals surface area (Å²) in [5.41, 5.74) is 4.06. The molecule has 9 heteroatoms. The van der Waals surface area contributed by atoms with Gasteiger partial charge >= 0.3 is 0 Å². The van der Waals surface area contributed by atoms with Crippen molar-refractivity contribution in [2.45, 2.75) is 0 Å². The van der Waals surface area contributed by atoms with E-state index in [-0.39, 0.29) is 16.4 Å². The third-order valence-electron chi connectivity index (χ3n) is 4.44. The molecule has 4 aromatic rings. The number of nitrogens with zero attached hydrogens (tertiary/aromatic N) is 3. The molecule has 0 bridgehead atoms. The molecule has 1 aromatic heterocycles. The molecular formula is C23H15ClN4O4. The van der Waals surface area contributed by atoms with Crippen LogP contribution < -0.4 is 10.2 Å². The molecule has 0 aliphatic carbocycles. The minimum Gasteiger partial charge on any atom is -0.456 e. The van der Waals surface area contributed by atoms with Crippen molar-refractivity contribution in [2.24, 2.45) is 5.10 Å². The zero-order valence-corrected chi connectivity index (χ0v) is 17.2. The number of amides is 1. The molecule has 0 aliphatic heterocycles. The number of hydrazone groups is 1. The van der Waals surface area contributed by atoms with Crippen molar-refractivity contribution in [1.29, 1.82) is 0 Å². The Morgan fingerprint density at radius 3 is 2.59 bits per heavy atom. The first-order valence-electron chi connectivity index (χ1n) is 9.41. The Kier molecular flexibility index (Phi) is 6.05. The number of carbonyl (C=O) groups is 1. The van der Waals surface area contributed by atoms with Crippen LogP contribution in [0.5, 0.6) is 11.5 Å². The summed E-state index contributed by atoms with van der Waals surface area (Å²) in [6, 6.07) is 21.8. The second-order valence-electron chi connectivity index (χ2n) is 6.63. The second-order valence-corrected chi connectivity index (χ2v) is 7.04. The van der Waals surface area contributed by atoms with Gasteiger partial charge in [0.15, 0.2) is 0 Å². The minimum atomic E-state index is -0.529. The summed E-state index contributed by atoms with van der Waals surface area (Å²) < 4.78 is 5.66. The lowest BCUT2D eigenvalue weighted by atomic mass is 10.2. The van der Waals surface area contributed by atoms with E-state index >= 15 is 0 Å². The molecule has 0 spiro atoms. The number of nitro benzene ring substituents is 1. The maximum Gasteiger partial charge on any atom is 0.289 e. The standard InChI is InChI=1S/C23H15ClN4O4/c24-19-13-17(28(30)31)8-12-22(19)32-18-9-5-15(6-10-18)14-25-27-23(29)21-11-7-16-3-1-2-4-20(16)26-21/h1-14H,(H,27,29)/b25-14-. The number of halogens is 1. The molecule has 4 rings (SSSR count). The maximum atomic E-state index is 12.3. The highest BCUT2D eigenvalue weighted by Gasteiger charge is 2.11. The number of benzene rings is 3. The van der Waals surface area contributed by atoms with Crippen LogP contribution in [0.2, 0.25) is 5.02 Å². The zero-order valence-electron chi connectivity index (χ0n) is 16.4. The molecule has 158 valence electrons. The molecule has 8 nitrogen and oxygen atoms in total. The van der Waals surface area contributed by atoms with Crippen LogP contribution in [0.25, 0.3) is 10.9 Å². The predicted molar refractivity (Wildman–Crippen MR) is 121 cm³/mol. The van der Waals surface area contributed by atoms with E-state index in [4.69, 9.17) is 16.3 Å². The number of para-hydroxylation sites is 1. The summed E-state index contributed by atoms with van der Waals surface area (Å²) in [7, 11) is 0. The molecule has 0 saturated carbocycles. The fraction of sp³-hybridized carbons (Fsp3) is 0. The second kappa shape index (κ2) is 9.23. The Bertz CT molecular complexity index is 1340. The Labute approximate surface area is 187 Å². The van der Waals surface area contributed by atoms with Crippen LogP contribution in [-0.2, 0) is 0 Å². The van der Waals surface area contributed by atoms with E-state index in [2.05, 4.69) is 15.5 Å². The van der Waals surface area contributed by atoms with E-state index in [0.717, 1.165) is 16.5 Å². The first-order valence-corrected chi connectivity index (χ1v) is 9.78. The molecule has 1 amide bonds. The molecular weight excluding hydrogens is 432 g/mol. The Morgan fingerprint density at radius 1 is 1.06 bits per heavy atom. The molecule has 1 heterocycles. The van der Waals surface area contributed by atoms with Crippen molar-refractivity contribution < 1.29 is 14.5 Å². The van der Waals surface area contributed by atoms with Crippen molar-refractivity contribution in [3.63, 3.8) is 0 Å². The summed E-state index contributed by atoms with van der Waals surface area (Å²) >= 11 is 6.04. The van der Waals surface area contributed by atoms with E-state index in [1.54, 1.807) is 30.3 Å². The van der Waals surface area contributed by atoms with Crippen LogP contribution in [0.4, 0.5) is 5.69 Å². The first kappa shape index (κ1) is 21.0. The summed E-state index contributed by atoms with van der Waals surface area (Å²) in [5.74, 6) is 0.371. The first-order chi connectivity index (χ1) is 15.5. The Hall–Kier alpha value is -4.30. The number of carbonyl (C=O) groups excluding carboxylic acids is 1. The third kappa shape index (κ3) is 4.88. The van der Waals surface area contributed by atoms with Gasteiger partial charge in [0.2, 0.25) is 0 Å². The van der Waals surface area contributed by atoms with Crippen LogP contribution in [0.1, 0.15) is 16.1 Å². The fourth-order valence-electron chi connectivity index (χ4n) is 2.85. The summed E-state index contributed by atoms with van der Waals surface area (Å²) in [5, 5.41) is 15.8. The quantitative estimate of drug-likeness (QED) is 0.244. The number of rotatable bonds is 6. The number of nitro groups is 1. The smallest absolute Gasteiger partial charge is 0.289 e. The van der Waals surface area contributed by atoms with Crippen LogP contribution in [0, 0.1) is 10.1 Å². The van der Waals surface area contributed by atoms with Gasteiger partial charge in [0.1, 0.15) is 17.2 Å². The highest BCUT2D eigenvalue weighted by Crippen LogP contribution is 2.32. The molecule has 0 aliphatic rings. The minimum absolute atomic E-state index is 0.116. The average molecular weight is 447 g/mol. The highest BCUT2D eigenvalue weighted by molar-refractivity contribution is 6.32. The van der Waals surface area contributed by atoms with Crippen LogP contribution in [0.15, 0.2) is 84.0 Å². The monoisotopic (exact) mass is 446 g/mol. The number of ether oxygens (including phenoxy) is 1. The van der Waals surface area contributed by atoms with Crippen LogP contribution in [0.3, 0.4) is 0 Å². The lowest BCUT2D eigenvalue weighted by Gasteiger charge is -2.07. The van der Waals surface area contributed by atoms with Gasteiger partial charge in [0.05, 0.1) is 21.7 Å². The van der Waals surface area contributed by atoms with E-state index in [0.29, 0.717) is 11.5 Å². The number of hydrogen-bond donors (Lipinski definition) is 1. The summed E-state index contributed by atoms with van der Waals surface area (Å²) in [4.78, 5) is 26.9. The zero-order chi connectivity index (χ0) is 22.5. The molecule has 0 radical (unpaired) electrons. The van der Waals surface area contributed by atoms with Gasteiger partial charge < -0.3 is 4.74 Å². The van der Waals surface area contributed by atoms with Crippen molar-refractivity contribution in [3.8, 4) is 11.5 Å². The number of pyridine rings is 1. The lowest BCUT2D eigenvalue weighted by molar-refractivity contribution is -0.384. The van der Waals surface area contributed by atoms with Crippen molar-refractivity contribution in [3.05, 3.63) is 105 Å². The highest BCUT2D eigenvalue weighted by atomic mass is 35.5. The van der Waals surface area contributed by atoms with Crippen molar-refractivity contribution in [1.82, 2.24) is 10.4 Å². The number of non-ortho nitro benzene ring substituents is 1. The van der Waals surface area contributed by atoms with Gasteiger partial charge in [-0.25, -0.2) is 10.4 Å². The molecule has 0 atom stereocenters. The van der Waals surface area contributed by atoms with Gasteiger partial charge in [-0.1, -0.05) is 35.9 Å². The van der Waals surface area contributed by atoms with Crippen molar-refractivity contribution in [2.75, 3.05) is 0 Å². The predicted octanol–water partition coefficient (Wildman–Crippen LogP) is 5.35. The van der Waals surface area contributed by atoms with E-state index in [9.17, 15) is 14.9 Å². The molecule has 0 fully saturated rings. The van der Waals surface area contributed by atoms with Gasteiger partial charge in [0, 0.05) is 17.5 Å². The van der Waals surface area contributed by atoms with Crippen molar-refractivity contribution >= 4 is 40.3 Å². The Morgan fingerprint density at radius 2 is 1.84 bits per heavy atom. The molecule has 0 saturated heterocycles. The molecule has 0 unspecified atom stereocenters. The maximum absolute atomic E-state index is 12.3. The van der Waals surface area contributed by atoms with Crippen LogP contribution in [-0.4, -0.2) is 22.0 Å². The van der Waals surface area contributed by atoms with E-state index < -0.39 is 10.8 Å². The Balaban J connectivity index is 1.37.